The van der Waals surface area contributed by atoms with Crippen molar-refractivity contribution >= 4 is 16.1 Å². The first kappa shape index (κ1) is 16.0. The summed E-state index contributed by atoms with van der Waals surface area (Å²) in [6.07, 6.45) is -12.9. The Morgan fingerprint density at radius 3 is 1.79 bits per heavy atom. The zero-order valence-corrected chi connectivity index (χ0v) is 9.61. The molecule has 1 heterocycles. The van der Waals surface area contributed by atoms with E-state index in [2.05, 4.69) is 0 Å². The van der Waals surface area contributed by atoms with E-state index in [4.69, 9.17) is 0 Å². The van der Waals surface area contributed by atoms with Gasteiger partial charge in [-0.3, -0.25) is 4.79 Å². The molecule has 0 saturated carbocycles. The van der Waals surface area contributed by atoms with Crippen molar-refractivity contribution in [3.05, 3.63) is 0 Å². The smallest absolute Gasteiger partial charge is 0.322 e. The molecule has 0 N–H and O–H groups in total. The van der Waals surface area contributed by atoms with Gasteiger partial charge in [-0.05, 0) is 0 Å². The molecular weight excluding hydrogens is 311 g/mol. The Balaban J connectivity index is 3.11. The van der Waals surface area contributed by atoms with Crippen LogP contribution in [0, 0.1) is 0 Å². The predicted molar refractivity (Wildman–Crippen MR) is 46.0 cm³/mol. The van der Waals surface area contributed by atoms with E-state index in [-0.39, 0.29) is 0 Å². The van der Waals surface area contributed by atoms with E-state index in [1.54, 1.807) is 0 Å². The third-order valence-corrected chi connectivity index (χ3v) is 3.56. The van der Waals surface area contributed by atoms with Gasteiger partial charge in [-0.15, -0.1) is 3.89 Å². The lowest BCUT2D eigenvalue weighted by Gasteiger charge is -2.31. The summed E-state index contributed by atoms with van der Waals surface area (Å²) in [5.41, 5.74) is 0. The minimum absolute atomic E-state index is 0.707. The summed E-state index contributed by atoms with van der Waals surface area (Å²) in [6.45, 7) is -1.48. The van der Waals surface area contributed by atoms with Crippen LogP contribution in [0.5, 0.6) is 0 Å². The van der Waals surface area contributed by atoms with Crippen LogP contribution in [0.1, 0.15) is 6.42 Å². The van der Waals surface area contributed by atoms with E-state index in [0.717, 1.165) is 0 Å². The van der Waals surface area contributed by atoms with Crippen molar-refractivity contribution < 1.29 is 43.4 Å². The molecule has 1 atom stereocenters. The van der Waals surface area contributed by atoms with Crippen molar-refractivity contribution in [2.45, 2.75) is 30.1 Å². The number of carbonyl (C=O) groups is 1. The molecule has 1 amide bonds. The zero-order valence-electron chi connectivity index (χ0n) is 8.79. The SMILES string of the molecule is O=C1CC(S(=O)(=O)F)CN1C(C(F)(F)F)C(F)(F)F. The number of likely N-dealkylation sites (tertiary alicyclic amines) is 1. The fourth-order valence-electron chi connectivity index (χ4n) is 1.67. The summed E-state index contributed by atoms with van der Waals surface area (Å²) in [6, 6.07) is -4.14. The lowest BCUT2D eigenvalue weighted by molar-refractivity contribution is -0.282. The molecule has 1 aliphatic heterocycles. The first-order valence-electron chi connectivity index (χ1n) is 4.61. The summed E-state index contributed by atoms with van der Waals surface area (Å²) >= 11 is 0. The second-order valence-corrected chi connectivity index (χ2v) is 5.45. The van der Waals surface area contributed by atoms with Crippen LogP contribution < -0.4 is 0 Å². The molecule has 0 aliphatic carbocycles. The van der Waals surface area contributed by atoms with Gasteiger partial charge in [0, 0.05) is 13.0 Å². The molecule has 112 valence electrons. The lowest BCUT2D eigenvalue weighted by Crippen LogP contribution is -2.55. The third kappa shape index (κ3) is 3.48. The minimum Gasteiger partial charge on any atom is -0.322 e. The van der Waals surface area contributed by atoms with Crippen molar-refractivity contribution in [3.63, 3.8) is 0 Å². The standard InChI is InChI=1S/C7H6F7NO3S/c8-6(9,10)5(7(11,12)13)15-2-3(1-4(15)16)19(14,17)18/h3,5H,1-2H2. The average molecular weight is 317 g/mol. The molecule has 0 radical (unpaired) electrons. The molecular formula is C7H6F7NO3S. The van der Waals surface area contributed by atoms with E-state index in [1.165, 1.54) is 0 Å². The maximum absolute atomic E-state index is 12.5. The Kier molecular flexibility index (Phi) is 3.78. The Bertz CT molecular complexity index is 454. The average Bonchev–Trinajstić information content (AvgIpc) is 2.41. The number of alkyl halides is 6. The van der Waals surface area contributed by atoms with E-state index in [9.17, 15) is 43.4 Å². The van der Waals surface area contributed by atoms with E-state index >= 15 is 0 Å². The highest BCUT2D eigenvalue weighted by atomic mass is 32.3. The van der Waals surface area contributed by atoms with Gasteiger partial charge in [0.1, 0.15) is 5.25 Å². The van der Waals surface area contributed by atoms with Crippen molar-refractivity contribution in [1.29, 1.82) is 0 Å². The predicted octanol–water partition coefficient (Wildman–Crippen LogP) is 1.38. The van der Waals surface area contributed by atoms with Crippen molar-refractivity contribution in [1.82, 2.24) is 4.90 Å². The van der Waals surface area contributed by atoms with Crippen LogP contribution in [0.3, 0.4) is 0 Å². The summed E-state index contributed by atoms with van der Waals surface area (Å²) in [5, 5.41) is -2.22. The Morgan fingerprint density at radius 1 is 1.11 bits per heavy atom. The Morgan fingerprint density at radius 2 is 1.53 bits per heavy atom. The van der Waals surface area contributed by atoms with Crippen molar-refractivity contribution in [3.8, 4) is 0 Å². The van der Waals surface area contributed by atoms with Gasteiger partial charge in [-0.25, -0.2) is 0 Å². The molecule has 0 aromatic carbocycles. The Hall–Kier alpha value is -1.07. The second kappa shape index (κ2) is 4.49. The molecule has 1 fully saturated rings. The highest BCUT2D eigenvalue weighted by Crippen LogP contribution is 2.39. The van der Waals surface area contributed by atoms with Gasteiger partial charge in [0.25, 0.3) is 0 Å². The molecule has 12 heteroatoms. The van der Waals surface area contributed by atoms with Gasteiger partial charge in [-0.2, -0.15) is 34.8 Å². The second-order valence-electron chi connectivity index (χ2n) is 3.83. The van der Waals surface area contributed by atoms with Crippen LogP contribution in [0.15, 0.2) is 0 Å². The molecule has 0 spiro atoms. The van der Waals surface area contributed by atoms with Crippen molar-refractivity contribution in [2.75, 3.05) is 6.54 Å². The Labute approximate surface area is 102 Å². The molecule has 1 rings (SSSR count). The highest BCUT2D eigenvalue weighted by molar-refractivity contribution is 7.87. The third-order valence-electron chi connectivity index (χ3n) is 2.45. The van der Waals surface area contributed by atoms with E-state index in [0.29, 0.717) is 0 Å². The fourth-order valence-corrected chi connectivity index (χ4v) is 2.36. The van der Waals surface area contributed by atoms with Gasteiger partial charge < -0.3 is 4.90 Å². The number of amides is 1. The number of halogens is 7. The fraction of sp³-hybridized carbons (Fsp3) is 0.857. The van der Waals surface area contributed by atoms with E-state index in [1.807, 2.05) is 0 Å². The van der Waals surface area contributed by atoms with E-state index < -0.39 is 57.6 Å². The first-order valence-corrected chi connectivity index (χ1v) is 6.05. The molecule has 0 bridgehead atoms. The summed E-state index contributed by atoms with van der Waals surface area (Å²) < 4.78 is 107. The minimum atomic E-state index is -5.83. The van der Waals surface area contributed by atoms with Gasteiger partial charge in [0.05, 0.1) is 0 Å². The number of carbonyl (C=O) groups excluding carboxylic acids is 1. The monoisotopic (exact) mass is 317 g/mol. The molecule has 4 nitrogen and oxygen atoms in total. The van der Waals surface area contributed by atoms with Gasteiger partial charge in [0.2, 0.25) is 11.9 Å². The van der Waals surface area contributed by atoms with Crippen LogP contribution in [-0.2, 0) is 15.0 Å². The van der Waals surface area contributed by atoms with Gasteiger partial charge >= 0.3 is 22.6 Å². The maximum Gasteiger partial charge on any atom is 0.417 e. The molecule has 0 aromatic rings. The van der Waals surface area contributed by atoms with Crippen LogP contribution in [-0.4, -0.2) is 49.4 Å². The summed E-state index contributed by atoms with van der Waals surface area (Å²) in [4.78, 5) is 10.4. The van der Waals surface area contributed by atoms with Gasteiger partial charge in [-0.1, -0.05) is 0 Å². The number of rotatable bonds is 2. The molecule has 0 aromatic heterocycles. The normalized spacial score (nSPS) is 22.4. The molecule has 1 saturated heterocycles. The van der Waals surface area contributed by atoms with Crippen LogP contribution in [0.2, 0.25) is 0 Å². The van der Waals surface area contributed by atoms with Crippen molar-refractivity contribution in [2.24, 2.45) is 0 Å². The molecule has 1 unspecified atom stereocenters. The summed E-state index contributed by atoms with van der Waals surface area (Å²) in [5.74, 6) is -1.72. The number of hydrogen-bond donors (Lipinski definition) is 0. The summed E-state index contributed by atoms with van der Waals surface area (Å²) in [7, 11) is -5.39. The molecule has 19 heavy (non-hydrogen) atoms. The lowest BCUT2D eigenvalue weighted by atomic mass is 10.2. The van der Waals surface area contributed by atoms with Crippen LogP contribution in [0.25, 0.3) is 0 Å². The van der Waals surface area contributed by atoms with Crippen LogP contribution >= 0.6 is 0 Å². The quantitative estimate of drug-likeness (QED) is 0.571. The van der Waals surface area contributed by atoms with Crippen LogP contribution in [0.4, 0.5) is 30.2 Å². The topological polar surface area (TPSA) is 54.5 Å². The number of nitrogens with zero attached hydrogens (tertiary/aromatic N) is 1. The molecule has 1 aliphatic rings. The first-order chi connectivity index (χ1) is 8.24. The largest absolute Gasteiger partial charge is 0.417 e. The zero-order chi connectivity index (χ0) is 15.2. The number of hydrogen-bond acceptors (Lipinski definition) is 3. The van der Waals surface area contributed by atoms with Gasteiger partial charge in [0.15, 0.2) is 0 Å². The highest BCUT2D eigenvalue weighted by Gasteiger charge is 2.63. The maximum atomic E-state index is 12.5.